The van der Waals surface area contributed by atoms with E-state index in [0.29, 0.717) is 5.92 Å². The van der Waals surface area contributed by atoms with Gasteiger partial charge in [-0.2, -0.15) is 0 Å². The van der Waals surface area contributed by atoms with Gasteiger partial charge in [0.1, 0.15) is 0 Å². The molecule has 1 aliphatic rings. The fraction of sp³-hybridized carbons (Fsp3) is 0.500. The molecule has 0 bridgehead atoms. The molecule has 0 saturated carbocycles. The van der Waals surface area contributed by atoms with Crippen LogP contribution in [0, 0.1) is 5.92 Å². The van der Waals surface area contributed by atoms with Crippen LogP contribution in [0.25, 0.3) is 0 Å². The fourth-order valence-corrected chi connectivity index (χ4v) is 1.50. The Labute approximate surface area is 74.0 Å². The van der Waals surface area contributed by atoms with E-state index in [1.54, 1.807) is 0 Å². The third kappa shape index (κ3) is 2.58. The summed E-state index contributed by atoms with van der Waals surface area (Å²) in [5.74, 6) is 0.537. The zero-order valence-electron chi connectivity index (χ0n) is 6.92. The van der Waals surface area contributed by atoms with Crippen molar-refractivity contribution >= 4 is 17.1 Å². The van der Waals surface area contributed by atoms with E-state index in [-0.39, 0.29) is 0 Å². The van der Waals surface area contributed by atoms with Crippen LogP contribution in [0.4, 0.5) is 0 Å². The van der Waals surface area contributed by atoms with Gasteiger partial charge in [-0.05, 0) is 12.5 Å². The summed E-state index contributed by atoms with van der Waals surface area (Å²) in [6.45, 7) is 2.21. The molecule has 0 fully saturated rings. The molecule has 0 aromatic carbocycles. The number of rotatable bonds is 3. The number of hydrogen-bond donors (Lipinski definition) is 0. The summed E-state index contributed by atoms with van der Waals surface area (Å²) in [7, 11) is 0. The van der Waals surface area contributed by atoms with Crippen LogP contribution in [0.15, 0.2) is 24.3 Å². The number of hydrogen-bond acceptors (Lipinski definition) is 1. The van der Waals surface area contributed by atoms with Crippen LogP contribution >= 0.6 is 12.2 Å². The van der Waals surface area contributed by atoms with Crippen molar-refractivity contribution in [2.75, 3.05) is 0 Å². The van der Waals surface area contributed by atoms with Gasteiger partial charge in [-0.3, -0.25) is 0 Å². The first-order valence-electron chi connectivity index (χ1n) is 4.23. The summed E-state index contributed by atoms with van der Waals surface area (Å²) in [5.41, 5.74) is 0. The van der Waals surface area contributed by atoms with Gasteiger partial charge in [0, 0.05) is 10.8 Å². The predicted octanol–water partition coefficient (Wildman–Crippen LogP) is 3.29. The van der Waals surface area contributed by atoms with Crippen LogP contribution in [0.3, 0.4) is 0 Å². The van der Waals surface area contributed by atoms with Crippen molar-refractivity contribution in [1.29, 1.82) is 0 Å². The molecule has 1 aliphatic carbocycles. The first-order chi connectivity index (χ1) is 5.34. The van der Waals surface area contributed by atoms with Crippen LogP contribution in [-0.4, -0.2) is 4.86 Å². The van der Waals surface area contributed by atoms with Gasteiger partial charge in [-0.15, -0.1) is 0 Å². The molecule has 0 N–H and O–H groups in total. The van der Waals surface area contributed by atoms with Crippen molar-refractivity contribution in [2.45, 2.75) is 26.2 Å². The highest BCUT2D eigenvalue weighted by atomic mass is 32.1. The number of unbranched alkanes of at least 4 members (excludes halogenated alkanes) is 1. The molecule has 0 amide bonds. The molecule has 60 valence electrons. The Balaban J connectivity index is 2.39. The van der Waals surface area contributed by atoms with E-state index in [9.17, 15) is 0 Å². The average molecular weight is 166 g/mol. The van der Waals surface area contributed by atoms with Gasteiger partial charge in [0.15, 0.2) is 0 Å². The highest BCUT2D eigenvalue weighted by molar-refractivity contribution is 7.80. The van der Waals surface area contributed by atoms with Crippen molar-refractivity contribution in [1.82, 2.24) is 0 Å². The lowest BCUT2D eigenvalue weighted by atomic mass is 9.95. The maximum absolute atomic E-state index is 5.20. The van der Waals surface area contributed by atoms with Crippen molar-refractivity contribution in [3.05, 3.63) is 24.3 Å². The van der Waals surface area contributed by atoms with Crippen molar-refractivity contribution in [3.63, 3.8) is 0 Å². The second-order valence-electron chi connectivity index (χ2n) is 2.90. The van der Waals surface area contributed by atoms with E-state index in [1.165, 1.54) is 19.3 Å². The second kappa shape index (κ2) is 4.45. The monoisotopic (exact) mass is 166 g/mol. The topological polar surface area (TPSA) is 0 Å². The molecule has 1 heteroatoms. The van der Waals surface area contributed by atoms with E-state index in [4.69, 9.17) is 12.2 Å². The summed E-state index contributed by atoms with van der Waals surface area (Å²) < 4.78 is 0. The summed E-state index contributed by atoms with van der Waals surface area (Å²) >= 11 is 5.20. The summed E-state index contributed by atoms with van der Waals surface area (Å²) in [6.07, 6.45) is 12.1. The third-order valence-corrected chi connectivity index (χ3v) is 2.39. The Morgan fingerprint density at radius 2 is 2.27 bits per heavy atom. The van der Waals surface area contributed by atoms with E-state index in [1.807, 2.05) is 12.2 Å². The average Bonchev–Trinajstić information content (AvgIpc) is 2.03. The Morgan fingerprint density at radius 1 is 1.45 bits per heavy atom. The van der Waals surface area contributed by atoms with Gasteiger partial charge in [-0.25, -0.2) is 0 Å². The summed E-state index contributed by atoms with van der Waals surface area (Å²) in [5, 5.41) is 0. The van der Waals surface area contributed by atoms with Crippen LogP contribution in [0.2, 0.25) is 0 Å². The van der Waals surface area contributed by atoms with Crippen LogP contribution in [-0.2, 0) is 0 Å². The first-order valence-corrected chi connectivity index (χ1v) is 4.64. The van der Waals surface area contributed by atoms with Gasteiger partial charge in [0.25, 0.3) is 0 Å². The largest absolute Gasteiger partial charge is 0.0843 e. The van der Waals surface area contributed by atoms with Crippen LogP contribution in [0.5, 0.6) is 0 Å². The molecule has 0 spiro atoms. The first kappa shape index (κ1) is 8.66. The molecule has 0 aliphatic heterocycles. The van der Waals surface area contributed by atoms with E-state index < -0.39 is 0 Å². The Kier molecular flexibility index (Phi) is 3.50. The Morgan fingerprint density at radius 3 is 2.91 bits per heavy atom. The number of allylic oxidation sites excluding steroid dienone is 4. The quantitative estimate of drug-likeness (QED) is 0.580. The molecule has 0 nitrogen and oxygen atoms in total. The number of thiocarbonyl (C=S) groups is 1. The van der Waals surface area contributed by atoms with Gasteiger partial charge < -0.3 is 0 Å². The Bertz CT molecular complexity index is 189. The molecule has 11 heavy (non-hydrogen) atoms. The van der Waals surface area contributed by atoms with Gasteiger partial charge in [0.05, 0.1) is 0 Å². The lowest BCUT2D eigenvalue weighted by Crippen LogP contribution is -2.08. The molecule has 1 unspecified atom stereocenters. The molecule has 0 aromatic heterocycles. The van der Waals surface area contributed by atoms with E-state index in [2.05, 4.69) is 19.1 Å². The minimum Gasteiger partial charge on any atom is -0.0843 e. The molecule has 0 radical (unpaired) electrons. The third-order valence-electron chi connectivity index (χ3n) is 1.95. The normalized spacial score (nSPS) is 22.6. The van der Waals surface area contributed by atoms with Crippen LogP contribution in [0.1, 0.15) is 26.2 Å². The molecule has 0 heterocycles. The highest BCUT2D eigenvalue weighted by Gasteiger charge is 2.09. The molecule has 0 aromatic rings. The molecule has 1 rings (SSSR count). The zero-order valence-corrected chi connectivity index (χ0v) is 7.73. The van der Waals surface area contributed by atoms with Crippen molar-refractivity contribution < 1.29 is 0 Å². The van der Waals surface area contributed by atoms with Gasteiger partial charge >= 0.3 is 0 Å². The predicted molar refractivity (Wildman–Crippen MR) is 53.9 cm³/mol. The summed E-state index contributed by atoms with van der Waals surface area (Å²) in [6, 6.07) is 0. The van der Waals surface area contributed by atoms with E-state index >= 15 is 0 Å². The molecule has 0 saturated heterocycles. The maximum Gasteiger partial charge on any atom is 0.0220 e. The SMILES string of the molecule is CCCCC1C=CC=CC1=S. The van der Waals surface area contributed by atoms with Crippen molar-refractivity contribution in [2.24, 2.45) is 5.92 Å². The lowest BCUT2D eigenvalue weighted by molar-refractivity contribution is 0.669. The van der Waals surface area contributed by atoms with E-state index in [0.717, 1.165) is 4.86 Å². The second-order valence-corrected chi connectivity index (χ2v) is 3.37. The molecule has 1 atom stereocenters. The van der Waals surface area contributed by atoms with Gasteiger partial charge in [0.2, 0.25) is 0 Å². The summed E-state index contributed by atoms with van der Waals surface area (Å²) in [4.78, 5) is 1.10. The highest BCUT2D eigenvalue weighted by Crippen LogP contribution is 2.16. The van der Waals surface area contributed by atoms with Crippen LogP contribution < -0.4 is 0 Å². The molecular formula is C10H14S. The smallest absolute Gasteiger partial charge is 0.0220 e. The standard InChI is InChI=1S/C10H14S/c1-2-3-6-9-7-4-5-8-10(9)11/h4-5,7-9H,2-3,6H2,1H3. The fourth-order valence-electron chi connectivity index (χ4n) is 1.23. The molecular weight excluding hydrogens is 152 g/mol. The zero-order chi connectivity index (χ0) is 8.10. The minimum absolute atomic E-state index is 0.537. The Hall–Kier alpha value is -0.430. The maximum atomic E-state index is 5.20. The van der Waals surface area contributed by atoms with Gasteiger partial charge in [-0.1, -0.05) is 50.2 Å². The lowest BCUT2D eigenvalue weighted by Gasteiger charge is -2.12. The minimum atomic E-state index is 0.537. The van der Waals surface area contributed by atoms with Crippen molar-refractivity contribution in [3.8, 4) is 0 Å².